The van der Waals surface area contributed by atoms with Crippen LogP contribution in [0.5, 0.6) is 0 Å². The van der Waals surface area contributed by atoms with E-state index in [1.54, 1.807) is 0 Å². The summed E-state index contributed by atoms with van der Waals surface area (Å²) < 4.78 is 26.5. The minimum absolute atomic E-state index is 0.0805. The molecule has 0 saturated carbocycles. The van der Waals surface area contributed by atoms with E-state index in [1.807, 2.05) is 0 Å². The first-order chi connectivity index (χ1) is 11.1. The van der Waals surface area contributed by atoms with Crippen LogP contribution in [0.2, 0.25) is 20.1 Å². The van der Waals surface area contributed by atoms with Crippen LogP contribution in [-0.2, 0) is 14.8 Å². The first-order valence-electron chi connectivity index (χ1n) is 6.28. The first kappa shape index (κ1) is 19.1. The van der Waals surface area contributed by atoms with Crippen LogP contribution >= 0.6 is 46.4 Å². The van der Waals surface area contributed by atoms with Gasteiger partial charge in [-0.3, -0.25) is 9.10 Å². The van der Waals surface area contributed by atoms with Gasteiger partial charge in [-0.2, -0.15) is 0 Å². The summed E-state index contributed by atoms with van der Waals surface area (Å²) in [4.78, 5) is 10.8. The lowest BCUT2D eigenvalue weighted by molar-refractivity contribution is -0.135. The molecule has 0 bridgehead atoms. The maximum Gasteiger partial charge on any atom is 0.324 e. The molecule has 2 aromatic rings. The number of carbonyl (C=O) groups is 1. The topological polar surface area (TPSA) is 74.7 Å². The molecule has 0 spiro atoms. The fourth-order valence-electron chi connectivity index (χ4n) is 1.90. The van der Waals surface area contributed by atoms with Crippen molar-refractivity contribution in [1.29, 1.82) is 0 Å². The number of anilines is 1. The Bertz CT molecular complexity index is 902. The van der Waals surface area contributed by atoms with Gasteiger partial charge in [0.25, 0.3) is 10.0 Å². The molecule has 0 atom stereocenters. The lowest BCUT2D eigenvalue weighted by atomic mass is 10.3. The Balaban J connectivity index is 2.69. The summed E-state index contributed by atoms with van der Waals surface area (Å²) in [5, 5.41) is 9.11. The van der Waals surface area contributed by atoms with Crippen molar-refractivity contribution in [1.82, 2.24) is 0 Å². The number of carboxylic acid groups (broad SMARTS) is 1. The number of aliphatic carboxylic acids is 1. The highest BCUT2D eigenvalue weighted by Crippen LogP contribution is 2.37. The zero-order valence-electron chi connectivity index (χ0n) is 11.7. The van der Waals surface area contributed by atoms with Gasteiger partial charge in [-0.1, -0.05) is 52.5 Å². The number of rotatable bonds is 5. The second kappa shape index (κ2) is 7.37. The summed E-state index contributed by atoms with van der Waals surface area (Å²) in [6.45, 7) is -0.870. The van der Waals surface area contributed by atoms with Crippen molar-refractivity contribution in [3.8, 4) is 0 Å². The number of benzene rings is 2. The Hall–Kier alpha value is -1.18. The summed E-state index contributed by atoms with van der Waals surface area (Å²) in [5.41, 5.74) is -0.0809. The smallest absolute Gasteiger partial charge is 0.324 e. The second-order valence-electron chi connectivity index (χ2n) is 4.55. The van der Waals surface area contributed by atoms with E-state index in [0.717, 1.165) is 6.07 Å². The van der Waals surface area contributed by atoms with Gasteiger partial charge in [-0.25, -0.2) is 8.42 Å². The Labute approximate surface area is 158 Å². The van der Waals surface area contributed by atoms with E-state index >= 15 is 0 Å². The van der Waals surface area contributed by atoms with E-state index in [2.05, 4.69) is 0 Å². The molecule has 0 aliphatic rings. The van der Waals surface area contributed by atoms with E-state index < -0.39 is 22.5 Å². The Kier molecular flexibility index (Phi) is 5.88. The SMILES string of the molecule is O=C(O)CN(c1cccc(Cl)c1Cl)S(=O)(=O)c1cc(Cl)ccc1Cl. The molecule has 0 unspecified atom stereocenters. The molecule has 2 aromatic carbocycles. The molecule has 0 radical (unpaired) electrons. The number of sulfonamides is 1. The molecule has 5 nitrogen and oxygen atoms in total. The van der Waals surface area contributed by atoms with Crippen LogP contribution in [0.3, 0.4) is 0 Å². The second-order valence-corrected chi connectivity index (χ2v) is 8.01. The number of halogens is 4. The molecule has 0 aliphatic heterocycles. The third-order valence-electron chi connectivity index (χ3n) is 2.94. The number of nitrogens with zero attached hydrogens (tertiary/aromatic N) is 1. The molecule has 24 heavy (non-hydrogen) atoms. The maximum absolute atomic E-state index is 12.9. The molecule has 0 saturated heterocycles. The summed E-state index contributed by atoms with van der Waals surface area (Å²) in [7, 11) is -4.35. The van der Waals surface area contributed by atoms with Crippen molar-refractivity contribution in [2.75, 3.05) is 10.8 Å². The van der Waals surface area contributed by atoms with Crippen LogP contribution in [0, 0.1) is 0 Å². The van der Waals surface area contributed by atoms with Crippen LogP contribution in [0.4, 0.5) is 5.69 Å². The van der Waals surface area contributed by atoms with Gasteiger partial charge < -0.3 is 5.11 Å². The Morgan fingerprint density at radius 3 is 2.33 bits per heavy atom. The van der Waals surface area contributed by atoms with E-state index in [4.69, 9.17) is 51.5 Å². The highest BCUT2D eigenvalue weighted by molar-refractivity contribution is 7.93. The van der Waals surface area contributed by atoms with Crippen molar-refractivity contribution in [3.63, 3.8) is 0 Å². The molecular formula is C14H9Cl4NO4S. The van der Waals surface area contributed by atoms with Crippen LogP contribution in [0.1, 0.15) is 0 Å². The third-order valence-corrected chi connectivity index (χ3v) is 6.23. The molecule has 0 fully saturated rings. The van der Waals surface area contributed by atoms with Crippen molar-refractivity contribution in [2.45, 2.75) is 4.90 Å². The summed E-state index contributed by atoms with van der Waals surface area (Å²) in [5.74, 6) is -1.38. The molecule has 0 aliphatic carbocycles. The van der Waals surface area contributed by atoms with Crippen LogP contribution < -0.4 is 4.31 Å². The molecule has 0 amide bonds. The van der Waals surface area contributed by atoms with Crippen molar-refractivity contribution < 1.29 is 18.3 Å². The van der Waals surface area contributed by atoms with Gasteiger partial charge in [0.1, 0.15) is 11.4 Å². The van der Waals surface area contributed by atoms with Gasteiger partial charge >= 0.3 is 5.97 Å². The van der Waals surface area contributed by atoms with Gasteiger partial charge in [0.05, 0.1) is 20.8 Å². The lowest BCUT2D eigenvalue weighted by Gasteiger charge is -2.24. The summed E-state index contributed by atoms with van der Waals surface area (Å²) in [6.07, 6.45) is 0. The van der Waals surface area contributed by atoms with Gasteiger partial charge in [0.15, 0.2) is 0 Å². The van der Waals surface area contributed by atoms with Gasteiger partial charge in [0, 0.05) is 5.02 Å². The van der Waals surface area contributed by atoms with E-state index in [-0.39, 0.29) is 30.7 Å². The van der Waals surface area contributed by atoms with Crippen LogP contribution in [-0.4, -0.2) is 26.0 Å². The standard InChI is InChI=1S/C14H9Cl4NO4S/c15-8-4-5-9(16)12(6-8)24(22,23)19(7-13(20)21)11-3-1-2-10(17)14(11)18/h1-6H,7H2,(H,20,21). The Morgan fingerprint density at radius 1 is 1.04 bits per heavy atom. The number of carboxylic acids is 1. The van der Waals surface area contributed by atoms with Gasteiger partial charge in [0.2, 0.25) is 0 Å². The molecule has 0 heterocycles. The third kappa shape index (κ3) is 3.90. The van der Waals surface area contributed by atoms with Crippen LogP contribution in [0.25, 0.3) is 0 Å². The fraction of sp³-hybridized carbons (Fsp3) is 0.0714. The largest absolute Gasteiger partial charge is 0.480 e. The fourth-order valence-corrected chi connectivity index (χ4v) is 4.51. The predicted octanol–water partition coefficient (Wildman–Crippen LogP) is 4.58. The van der Waals surface area contributed by atoms with Gasteiger partial charge in [-0.05, 0) is 30.3 Å². The lowest BCUT2D eigenvalue weighted by Crippen LogP contribution is -2.36. The van der Waals surface area contributed by atoms with E-state index in [0.29, 0.717) is 4.31 Å². The minimum Gasteiger partial charge on any atom is -0.480 e. The normalized spacial score (nSPS) is 11.3. The van der Waals surface area contributed by atoms with Crippen molar-refractivity contribution in [2.24, 2.45) is 0 Å². The van der Waals surface area contributed by atoms with Crippen LogP contribution in [0.15, 0.2) is 41.3 Å². The Morgan fingerprint density at radius 2 is 1.71 bits per heavy atom. The molecule has 0 aromatic heterocycles. The molecule has 10 heteroatoms. The summed E-state index contributed by atoms with van der Waals surface area (Å²) in [6, 6.07) is 8.09. The molecule has 128 valence electrons. The monoisotopic (exact) mass is 427 g/mol. The molecule has 1 N–H and O–H groups in total. The summed E-state index contributed by atoms with van der Waals surface area (Å²) >= 11 is 23.7. The van der Waals surface area contributed by atoms with E-state index in [9.17, 15) is 13.2 Å². The van der Waals surface area contributed by atoms with Crippen molar-refractivity contribution in [3.05, 3.63) is 56.5 Å². The average molecular weight is 429 g/mol. The average Bonchev–Trinajstić information content (AvgIpc) is 2.50. The minimum atomic E-state index is -4.35. The predicted molar refractivity (Wildman–Crippen MR) is 95.1 cm³/mol. The zero-order chi connectivity index (χ0) is 18.1. The zero-order valence-corrected chi connectivity index (χ0v) is 15.6. The molecule has 2 rings (SSSR count). The highest BCUT2D eigenvalue weighted by Gasteiger charge is 2.31. The van der Waals surface area contributed by atoms with Crippen molar-refractivity contribution >= 4 is 68.1 Å². The number of hydrogen-bond donors (Lipinski definition) is 1. The van der Waals surface area contributed by atoms with E-state index in [1.165, 1.54) is 30.3 Å². The molecular weight excluding hydrogens is 420 g/mol. The first-order valence-corrected chi connectivity index (χ1v) is 9.23. The quantitative estimate of drug-likeness (QED) is 0.756. The number of hydrogen-bond acceptors (Lipinski definition) is 3. The highest BCUT2D eigenvalue weighted by atomic mass is 35.5. The van der Waals surface area contributed by atoms with Gasteiger partial charge in [-0.15, -0.1) is 0 Å². The maximum atomic E-state index is 12.9.